The van der Waals surface area contributed by atoms with E-state index in [1.54, 1.807) is 18.2 Å². The van der Waals surface area contributed by atoms with Crippen LogP contribution >= 0.6 is 0 Å². The molecular weight excluding hydrogens is 172 g/mol. The lowest BCUT2D eigenvalue weighted by atomic mass is 10.1. The Kier molecular flexibility index (Phi) is 3.44. The lowest BCUT2D eigenvalue weighted by Crippen LogP contribution is -1.90. The van der Waals surface area contributed by atoms with Gasteiger partial charge in [-0.2, -0.15) is 0 Å². The Bertz CT molecular complexity index is 284. The molecule has 0 aromatic heterocycles. The van der Waals surface area contributed by atoms with Crippen molar-refractivity contribution in [2.45, 2.75) is 24.7 Å². The molecule has 0 heterocycles. The molecule has 12 heavy (non-hydrogen) atoms. The zero-order chi connectivity index (χ0) is 8.97. The zero-order valence-electron chi connectivity index (χ0n) is 6.95. The van der Waals surface area contributed by atoms with Crippen LogP contribution in [0.15, 0.2) is 29.2 Å². The van der Waals surface area contributed by atoms with Gasteiger partial charge in [0.15, 0.2) is 0 Å². The highest BCUT2D eigenvalue weighted by molar-refractivity contribution is 7.79. The fourth-order valence-corrected chi connectivity index (χ4v) is 1.53. The summed E-state index contributed by atoms with van der Waals surface area (Å²) >= 11 is -2.09. The second-order valence-corrected chi connectivity index (χ2v) is 3.57. The molecule has 0 N–H and O–H groups in total. The van der Waals surface area contributed by atoms with Crippen molar-refractivity contribution in [3.05, 3.63) is 29.8 Å². The van der Waals surface area contributed by atoms with Crippen LogP contribution in [0.3, 0.4) is 0 Å². The maximum atomic E-state index is 10.6. The van der Waals surface area contributed by atoms with Crippen molar-refractivity contribution in [3.8, 4) is 0 Å². The van der Waals surface area contributed by atoms with Crippen molar-refractivity contribution < 1.29 is 8.76 Å². The average Bonchev–Trinajstić information content (AvgIpc) is 2.05. The summed E-state index contributed by atoms with van der Waals surface area (Å²) in [5.74, 6) is 0. The van der Waals surface area contributed by atoms with E-state index in [0.717, 1.165) is 18.4 Å². The molecule has 0 saturated carbocycles. The van der Waals surface area contributed by atoms with Gasteiger partial charge in [-0.15, -0.1) is 0 Å². The van der Waals surface area contributed by atoms with Gasteiger partial charge in [-0.25, -0.2) is 0 Å². The lowest BCUT2D eigenvalue weighted by Gasteiger charge is -2.06. The third-order valence-corrected chi connectivity index (χ3v) is 2.27. The SMILES string of the molecule is CCCc1cccc(S(=O)[O-])c1. The average molecular weight is 183 g/mol. The fourth-order valence-electron chi connectivity index (χ4n) is 1.09. The van der Waals surface area contributed by atoms with Gasteiger partial charge in [-0.05, 0) is 35.2 Å². The normalized spacial score (nSPS) is 12.8. The smallest absolute Gasteiger partial charge is 0.0251 e. The Morgan fingerprint density at radius 1 is 1.50 bits per heavy atom. The zero-order valence-corrected chi connectivity index (χ0v) is 7.76. The number of aryl methyl sites for hydroxylation is 1. The van der Waals surface area contributed by atoms with Gasteiger partial charge < -0.3 is 4.55 Å². The van der Waals surface area contributed by atoms with Gasteiger partial charge in [-0.3, -0.25) is 4.21 Å². The van der Waals surface area contributed by atoms with Crippen LogP contribution in [0.25, 0.3) is 0 Å². The van der Waals surface area contributed by atoms with E-state index in [-0.39, 0.29) is 0 Å². The molecule has 0 saturated heterocycles. The summed E-state index contributed by atoms with van der Waals surface area (Å²) in [4.78, 5) is 0.376. The molecule has 0 amide bonds. The van der Waals surface area contributed by atoms with E-state index >= 15 is 0 Å². The number of hydrogen-bond donors (Lipinski definition) is 0. The van der Waals surface area contributed by atoms with Crippen molar-refractivity contribution in [1.82, 2.24) is 0 Å². The van der Waals surface area contributed by atoms with Gasteiger partial charge >= 0.3 is 0 Å². The minimum atomic E-state index is -2.09. The first kappa shape index (κ1) is 9.42. The summed E-state index contributed by atoms with van der Waals surface area (Å²) in [6, 6.07) is 7.03. The first-order chi connectivity index (χ1) is 5.74. The second-order valence-electron chi connectivity index (χ2n) is 2.63. The minimum absolute atomic E-state index is 0.376. The molecule has 0 aliphatic heterocycles. The number of rotatable bonds is 3. The first-order valence-electron chi connectivity index (χ1n) is 3.92. The molecule has 0 aliphatic rings. The van der Waals surface area contributed by atoms with Gasteiger partial charge in [0.2, 0.25) is 0 Å². The molecule has 1 unspecified atom stereocenters. The second kappa shape index (κ2) is 4.38. The maximum absolute atomic E-state index is 10.6. The molecule has 0 aliphatic carbocycles. The van der Waals surface area contributed by atoms with E-state index in [9.17, 15) is 8.76 Å². The van der Waals surface area contributed by atoms with E-state index in [2.05, 4.69) is 6.92 Å². The highest BCUT2D eigenvalue weighted by Crippen LogP contribution is 2.09. The first-order valence-corrected chi connectivity index (χ1v) is 4.99. The fraction of sp³-hybridized carbons (Fsp3) is 0.333. The largest absolute Gasteiger partial charge is 0.768 e. The predicted octanol–water partition coefficient (Wildman–Crippen LogP) is 1.88. The van der Waals surface area contributed by atoms with E-state index in [1.165, 1.54) is 0 Å². The summed E-state index contributed by atoms with van der Waals surface area (Å²) in [5, 5.41) is 0. The molecule has 3 heteroatoms. The van der Waals surface area contributed by atoms with E-state index in [4.69, 9.17) is 0 Å². The minimum Gasteiger partial charge on any atom is -0.768 e. The van der Waals surface area contributed by atoms with E-state index in [1.807, 2.05) is 6.07 Å². The summed E-state index contributed by atoms with van der Waals surface area (Å²) in [6.07, 6.45) is 1.97. The van der Waals surface area contributed by atoms with Crippen molar-refractivity contribution in [1.29, 1.82) is 0 Å². The highest BCUT2D eigenvalue weighted by atomic mass is 32.2. The van der Waals surface area contributed by atoms with E-state index in [0.29, 0.717) is 4.90 Å². The molecule has 1 atom stereocenters. The molecule has 0 bridgehead atoms. The summed E-state index contributed by atoms with van der Waals surface area (Å²) < 4.78 is 21.1. The van der Waals surface area contributed by atoms with Gasteiger partial charge in [0.1, 0.15) is 0 Å². The molecule has 2 nitrogen and oxygen atoms in total. The molecule has 1 rings (SSSR count). The number of benzene rings is 1. The Hall–Kier alpha value is -0.670. The van der Waals surface area contributed by atoms with Crippen molar-refractivity contribution in [3.63, 3.8) is 0 Å². The van der Waals surface area contributed by atoms with Gasteiger partial charge in [0.05, 0.1) is 0 Å². The summed E-state index contributed by atoms with van der Waals surface area (Å²) in [5.41, 5.74) is 1.08. The predicted molar refractivity (Wildman–Crippen MR) is 47.6 cm³/mol. The molecule has 66 valence electrons. The third kappa shape index (κ3) is 2.43. The van der Waals surface area contributed by atoms with Crippen molar-refractivity contribution in [2.24, 2.45) is 0 Å². The van der Waals surface area contributed by atoms with Crippen LogP contribution in [0.4, 0.5) is 0 Å². The van der Waals surface area contributed by atoms with Crippen molar-refractivity contribution >= 4 is 11.1 Å². The Morgan fingerprint density at radius 2 is 2.25 bits per heavy atom. The van der Waals surface area contributed by atoms with Gasteiger partial charge in [0, 0.05) is 4.90 Å². The summed E-state index contributed by atoms with van der Waals surface area (Å²) in [7, 11) is 0. The van der Waals surface area contributed by atoms with Crippen LogP contribution in [0.1, 0.15) is 18.9 Å². The Labute approximate surface area is 74.9 Å². The van der Waals surface area contributed by atoms with Crippen LogP contribution in [0.5, 0.6) is 0 Å². The van der Waals surface area contributed by atoms with Crippen LogP contribution < -0.4 is 0 Å². The van der Waals surface area contributed by atoms with Crippen molar-refractivity contribution in [2.75, 3.05) is 0 Å². The van der Waals surface area contributed by atoms with E-state index < -0.39 is 11.1 Å². The Balaban J connectivity index is 2.88. The quantitative estimate of drug-likeness (QED) is 0.671. The monoisotopic (exact) mass is 183 g/mol. The lowest BCUT2D eigenvalue weighted by molar-refractivity contribution is 0.537. The van der Waals surface area contributed by atoms with Crippen LogP contribution in [-0.2, 0) is 17.5 Å². The topological polar surface area (TPSA) is 40.1 Å². The Morgan fingerprint density at radius 3 is 2.83 bits per heavy atom. The van der Waals surface area contributed by atoms with Gasteiger partial charge in [0.25, 0.3) is 0 Å². The maximum Gasteiger partial charge on any atom is 0.0251 e. The number of hydrogen-bond acceptors (Lipinski definition) is 2. The molecule has 0 radical (unpaired) electrons. The van der Waals surface area contributed by atoms with Gasteiger partial charge in [-0.1, -0.05) is 25.5 Å². The molecular formula is C9H11O2S-. The van der Waals surface area contributed by atoms with Crippen LogP contribution in [0, 0.1) is 0 Å². The van der Waals surface area contributed by atoms with Crippen LogP contribution in [-0.4, -0.2) is 8.76 Å². The summed E-state index contributed by atoms with van der Waals surface area (Å²) in [6.45, 7) is 2.07. The molecule has 0 fully saturated rings. The third-order valence-electron chi connectivity index (χ3n) is 1.63. The molecule has 1 aromatic rings. The van der Waals surface area contributed by atoms with Crippen LogP contribution in [0.2, 0.25) is 0 Å². The highest BCUT2D eigenvalue weighted by Gasteiger charge is 1.94. The molecule has 0 spiro atoms. The molecule has 1 aromatic carbocycles. The standard InChI is InChI=1S/C9H12O2S/c1-2-4-8-5-3-6-9(7-8)12(10)11/h3,5-7H,2,4H2,1H3,(H,10,11)/p-1.